The van der Waals surface area contributed by atoms with E-state index in [9.17, 15) is 8.42 Å². The Morgan fingerprint density at radius 1 is 1.22 bits per heavy atom. The number of hydrogen-bond donors (Lipinski definition) is 0. The van der Waals surface area contributed by atoms with E-state index in [4.69, 9.17) is 11.6 Å². The summed E-state index contributed by atoms with van der Waals surface area (Å²) < 4.78 is 27.4. The van der Waals surface area contributed by atoms with Crippen molar-refractivity contribution in [2.24, 2.45) is 0 Å². The largest absolute Gasteiger partial charge is 0.347 e. The Labute approximate surface area is 145 Å². The van der Waals surface area contributed by atoms with Crippen LogP contribution in [0.3, 0.4) is 0 Å². The lowest BCUT2D eigenvalue weighted by atomic mass is 10.2. The van der Waals surface area contributed by atoms with Crippen molar-refractivity contribution in [1.82, 2.24) is 9.29 Å². The number of halogens is 1. The van der Waals surface area contributed by atoms with Crippen molar-refractivity contribution in [3.63, 3.8) is 0 Å². The first kappa shape index (κ1) is 16.7. The quantitative estimate of drug-likeness (QED) is 0.832. The molecule has 0 aliphatic carbocycles. The van der Waals surface area contributed by atoms with Crippen LogP contribution in [-0.4, -0.2) is 43.9 Å². The maximum absolute atomic E-state index is 12.9. The normalized spacial score (nSPS) is 17.2. The molecule has 1 aromatic carbocycles. The molecule has 3 rings (SSSR count). The molecule has 23 heavy (non-hydrogen) atoms. The second-order valence-corrected chi connectivity index (χ2v) is 8.68. The highest BCUT2D eigenvalue weighted by atomic mass is 35.5. The third-order valence-corrected chi connectivity index (χ3v) is 7.03. The van der Waals surface area contributed by atoms with Crippen molar-refractivity contribution >= 4 is 38.1 Å². The van der Waals surface area contributed by atoms with Crippen LogP contribution in [-0.2, 0) is 10.0 Å². The molecule has 1 aromatic heterocycles. The van der Waals surface area contributed by atoms with Crippen molar-refractivity contribution in [3.05, 3.63) is 40.4 Å². The van der Waals surface area contributed by atoms with E-state index in [1.807, 2.05) is 5.38 Å². The highest BCUT2D eigenvalue weighted by Crippen LogP contribution is 2.25. The summed E-state index contributed by atoms with van der Waals surface area (Å²) in [5.74, 6) is 0. The second kappa shape index (κ2) is 6.76. The van der Waals surface area contributed by atoms with Gasteiger partial charge in [-0.2, -0.15) is 4.31 Å². The molecule has 5 nitrogen and oxygen atoms in total. The second-order valence-electron chi connectivity index (χ2n) is 5.47. The summed E-state index contributed by atoms with van der Waals surface area (Å²) in [5, 5.41) is 3.44. The van der Waals surface area contributed by atoms with Crippen molar-refractivity contribution < 1.29 is 8.42 Å². The van der Waals surface area contributed by atoms with Gasteiger partial charge in [-0.3, -0.25) is 0 Å². The Morgan fingerprint density at radius 3 is 2.74 bits per heavy atom. The minimum Gasteiger partial charge on any atom is -0.347 e. The summed E-state index contributed by atoms with van der Waals surface area (Å²) in [5.41, 5.74) is 0.679. The van der Waals surface area contributed by atoms with Gasteiger partial charge in [0.05, 0.1) is 4.90 Å². The van der Waals surface area contributed by atoms with E-state index >= 15 is 0 Å². The molecule has 2 aromatic rings. The number of rotatable bonds is 3. The number of nitrogens with zero attached hydrogens (tertiary/aromatic N) is 3. The van der Waals surface area contributed by atoms with Crippen molar-refractivity contribution in [2.45, 2.75) is 18.2 Å². The van der Waals surface area contributed by atoms with E-state index < -0.39 is 10.0 Å². The number of benzene rings is 1. The highest BCUT2D eigenvalue weighted by Gasteiger charge is 2.28. The molecule has 1 saturated heterocycles. The zero-order chi connectivity index (χ0) is 16.4. The number of aryl methyl sites for hydroxylation is 1. The first-order valence-electron chi connectivity index (χ1n) is 7.39. The molecule has 124 valence electrons. The summed E-state index contributed by atoms with van der Waals surface area (Å²) in [4.78, 5) is 6.80. The molecule has 0 amide bonds. The minimum atomic E-state index is -3.49. The average molecular weight is 372 g/mol. The van der Waals surface area contributed by atoms with Gasteiger partial charge in [-0.15, -0.1) is 11.3 Å². The van der Waals surface area contributed by atoms with Crippen LogP contribution in [0.2, 0.25) is 5.02 Å². The molecule has 1 fully saturated rings. The monoisotopic (exact) mass is 371 g/mol. The Balaban J connectivity index is 1.81. The van der Waals surface area contributed by atoms with E-state index in [1.54, 1.807) is 47.0 Å². The van der Waals surface area contributed by atoms with E-state index in [-0.39, 0.29) is 0 Å². The van der Waals surface area contributed by atoms with E-state index in [2.05, 4.69) is 9.88 Å². The zero-order valence-electron chi connectivity index (χ0n) is 12.8. The van der Waals surface area contributed by atoms with Crippen LogP contribution in [0.4, 0.5) is 5.13 Å². The van der Waals surface area contributed by atoms with Gasteiger partial charge in [0.1, 0.15) is 0 Å². The molecule has 0 spiro atoms. The Morgan fingerprint density at radius 2 is 2.04 bits per heavy atom. The average Bonchev–Trinajstić information content (AvgIpc) is 2.91. The molecule has 0 radical (unpaired) electrons. The lowest BCUT2D eigenvalue weighted by Crippen LogP contribution is -2.35. The standard InChI is InChI=1S/C15H18ClN3O2S2/c1-12-11-13(16)3-4-14(12)23(20,21)19-7-2-6-18(8-9-19)15-17-5-10-22-15/h3-5,10-11H,2,6-9H2,1H3. The molecule has 0 N–H and O–H groups in total. The molecule has 0 bridgehead atoms. The van der Waals surface area contributed by atoms with Crippen molar-refractivity contribution in [1.29, 1.82) is 0 Å². The molecular weight excluding hydrogens is 354 g/mol. The molecule has 0 saturated carbocycles. The predicted octanol–water partition coefficient (Wildman–Crippen LogP) is 3.01. The number of hydrogen-bond acceptors (Lipinski definition) is 5. The summed E-state index contributed by atoms with van der Waals surface area (Å²) in [6.45, 7) is 4.23. The third-order valence-electron chi connectivity index (χ3n) is 3.90. The Bertz CT molecular complexity index is 778. The topological polar surface area (TPSA) is 53.5 Å². The van der Waals surface area contributed by atoms with Crippen LogP contribution in [0.25, 0.3) is 0 Å². The van der Waals surface area contributed by atoms with Gasteiger partial charge in [0.25, 0.3) is 0 Å². The molecule has 0 unspecified atom stereocenters. The van der Waals surface area contributed by atoms with Crippen LogP contribution < -0.4 is 4.90 Å². The van der Waals surface area contributed by atoms with Crippen LogP contribution in [0.5, 0.6) is 0 Å². The van der Waals surface area contributed by atoms with E-state index in [1.165, 1.54) is 0 Å². The number of aromatic nitrogens is 1. The first-order valence-corrected chi connectivity index (χ1v) is 10.1. The fraction of sp³-hybridized carbons (Fsp3) is 0.400. The molecular formula is C15H18ClN3O2S2. The number of sulfonamides is 1. The summed E-state index contributed by atoms with van der Waals surface area (Å²) in [7, 11) is -3.49. The smallest absolute Gasteiger partial charge is 0.243 e. The van der Waals surface area contributed by atoms with Crippen LogP contribution in [0.1, 0.15) is 12.0 Å². The molecule has 2 heterocycles. The SMILES string of the molecule is Cc1cc(Cl)ccc1S(=O)(=O)N1CCCN(c2nccs2)CC1. The molecule has 1 aliphatic rings. The zero-order valence-corrected chi connectivity index (χ0v) is 15.2. The van der Waals surface area contributed by atoms with Gasteiger partial charge in [-0.05, 0) is 37.1 Å². The third kappa shape index (κ3) is 3.52. The van der Waals surface area contributed by atoms with Crippen LogP contribution in [0, 0.1) is 6.92 Å². The molecule has 8 heteroatoms. The fourth-order valence-electron chi connectivity index (χ4n) is 2.74. The summed E-state index contributed by atoms with van der Waals surface area (Å²) >= 11 is 7.51. The lowest BCUT2D eigenvalue weighted by Gasteiger charge is -2.22. The predicted molar refractivity (Wildman–Crippen MR) is 93.9 cm³/mol. The lowest BCUT2D eigenvalue weighted by molar-refractivity contribution is 0.433. The van der Waals surface area contributed by atoms with Gasteiger partial charge < -0.3 is 4.90 Å². The Hall–Kier alpha value is -1.15. The summed E-state index contributed by atoms with van der Waals surface area (Å²) in [6, 6.07) is 4.91. The Kier molecular flexibility index (Phi) is 4.91. The van der Waals surface area contributed by atoms with Crippen LogP contribution >= 0.6 is 22.9 Å². The van der Waals surface area contributed by atoms with Gasteiger partial charge in [0, 0.05) is 42.8 Å². The fourth-order valence-corrected chi connectivity index (χ4v) is 5.34. The van der Waals surface area contributed by atoms with Crippen molar-refractivity contribution in [2.75, 3.05) is 31.1 Å². The minimum absolute atomic E-state index is 0.338. The molecule has 0 atom stereocenters. The van der Waals surface area contributed by atoms with Gasteiger partial charge in [-0.25, -0.2) is 13.4 Å². The maximum Gasteiger partial charge on any atom is 0.243 e. The number of thiazole rings is 1. The first-order chi connectivity index (χ1) is 11.0. The van der Waals surface area contributed by atoms with Crippen molar-refractivity contribution in [3.8, 4) is 0 Å². The molecule has 1 aliphatic heterocycles. The van der Waals surface area contributed by atoms with Gasteiger partial charge in [-0.1, -0.05) is 11.6 Å². The van der Waals surface area contributed by atoms with E-state index in [0.717, 1.165) is 18.1 Å². The van der Waals surface area contributed by atoms with Gasteiger partial charge in [0.2, 0.25) is 10.0 Å². The van der Waals surface area contributed by atoms with Gasteiger partial charge in [0.15, 0.2) is 5.13 Å². The highest BCUT2D eigenvalue weighted by molar-refractivity contribution is 7.89. The number of anilines is 1. The van der Waals surface area contributed by atoms with Gasteiger partial charge >= 0.3 is 0 Å². The maximum atomic E-state index is 12.9. The summed E-state index contributed by atoms with van der Waals surface area (Å²) in [6.07, 6.45) is 2.56. The van der Waals surface area contributed by atoms with Crippen LogP contribution in [0.15, 0.2) is 34.7 Å². The van der Waals surface area contributed by atoms with E-state index in [0.29, 0.717) is 35.1 Å².